The van der Waals surface area contributed by atoms with Crippen molar-refractivity contribution in [1.29, 1.82) is 0 Å². The largest absolute Gasteiger partial charge is 0.504 e. The van der Waals surface area contributed by atoms with Crippen LogP contribution in [0.15, 0.2) is 54.9 Å². The van der Waals surface area contributed by atoms with Crippen molar-refractivity contribution in [1.82, 2.24) is 4.98 Å². The Balaban J connectivity index is 1.35. The molecule has 1 saturated carbocycles. The van der Waals surface area contributed by atoms with Crippen LogP contribution in [0.1, 0.15) is 93.9 Å². The Kier molecular flexibility index (Phi) is 12.2. The fourth-order valence-electron chi connectivity index (χ4n) is 7.21. The first-order chi connectivity index (χ1) is 22.8. The van der Waals surface area contributed by atoms with Crippen LogP contribution in [-0.2, 0) is 27.1 Å². The fraction of sp³-hybridized carbons (Fsp3) is 0.526. The number of aromatic hydroxyl groups is 3. The van der Waals surface area contributed by atoms with Crippen molar-refractivity contribution in [3.8, 4) is 28.7 Å². The molecule has 2 aliphatic rings. The molecular formula is C38H49NO8. The van der Waals surface area contributed by atoms with Crippen molar-refractivity contribution in [3.63, 3.8) is 0 Å². The van der Waals surface area contributed by atoms with Gasteiger partial charge in [-0.05, 0) is 71.7 Å². The molecule has 0 unspecified atom stereocenters. The van der Waals surface area contributed by atoms with E-state index in [-0.39, 0.29) is 53.7 Å². The van der Waals surface area contributed by atoms with Gasteiger partial charge in [0.25, 0.3) is 0 Å². The molecule has 254 valence electrons. The monoisotopic (exact) mass is 647 g/mol. The van der Waals surface area contributed by atoms with E-state index in [4.69, 9.17) is 18.9 Å². The number of phenolic OH excluding ortho intramolecular Hbond substituents is 3. The molecule has 9 heteroatoms. The van der Waals surface area contributed by atoms with Gasteiger partial charge in [-0.15, -0.1) is 0 Å². The lowest BCUT2D eigenvalue weighted by Crippen LogP contribution is -2.39. The molecule has 0 bridgehead atoms. The Morgan fingerprint density at radius 2 is 1.83 bits per heavy atom. The number of pyridine rings is 1. The van der Waals surface area contributed by atoms with E-state index in [1.807, 2.05) is 24.3 Å². The molecule has 4 atom stereocenters. The number of nitrogens with zero attached hydrogens (tertiary/aromatic N) is 1. The lowest BCUT2D eigenvalue weighted by molar-refractivity contribution is -0.165. The topological polar surface area (TPSA) is 128 Å². The summed E-state index contributed by atoms with van der Waals surface area (Å²) in [5.74, 6) is 0.656. The summed E-state index contributed by atoms with van der Waals surface area (Å²) in [5, 5.41) is 31.5. The smallest absolute Gasteiger partial charge is 0.302 e. The van der Waals surface area contributed by atoms with E-state index in [1.165, 1.54) is 45.1 Å². The van der Waals surface area contributed by atoms with Gasteiger partial charge in [-0.1, -0.05) is 57.1 Å². The second-order valence-corrected chi connectivity index (χ2v) is 13.1. The van der Waals surface area contributed by atoms with Crippen molar-refractivity contribution in [2.24, 2.45) is 11.8 Å². The zero-order valence-electron chi connectivity index (χ0n) is 27.6. The number of unbranched alkanes of at least 4 members (excludes halogenated alkanes) is 1. The van der Waals surface area contributed by atoms with Gasteiger partial charge < -0.3 is 34.3 Å². The molecule has 0 amide bonds. The summed E-state index contributed by atoms with van der Waals surface area (Å²) in [7, 11) is 1.54. The van der Waals surface area contributed by atoms with Crippen LogP contribution in [0.25, 0.3) is 0 Å². The number of aromatic nitrogens is 1. The van der Waals surface area contributed by atoms with E-state index in [9.17, 15) is 20.1 Å². The van der Waals surface area contributed by atoms with E-state index in [0.717, 1.165) is 36.3 Å². The Labute approximate surface area is 277 Å². The number of carbonyl (C=O) groups is 1. The van der Waals surface area contributed by atoms with E-state index in [0.29, 0.717) is 37.0 Å². The highest BCUT2D eigenvalue weighted by atomic mass is 16.6. The number of phenols is 3. The van der Waals surface area contributed by atoms with E-state index < -0.39 is 6.10 Å². The normalized spacial score (nSPS) is 20.5. The zero-order chi connectivity index (χ0) is 33.2. The zero-order valence-corrected chi connectivity index (χ0v) is 27.6. The van der Waals surface area contributed by atoms with Crippen molar-refractivity contribution in [2.75, 3.05) is 13.7 Å². The van der Waals surface area contributed by atoms with Crippen LogP contribution in [0.5, 0.6) is 28.7 Å². The number of esters is 1. The number of carbonyl (C=O) groups excluding carboxylic acids is 1. The van der Waals surface area contributed by atoms with E-state index in [2.05, 4.69) is 4.98 Å². The molecule has 1 saturated heterocycles. The third-order valence-corrected chi connectivity index (χ3v) is 9.64. The van der Waals surface area contributed by atoms with E-state index >= 15 is 0 Å². The minimum absolute atomic E-state index is 0.0962. The van der Waals surface area contributed by atoms with Crippen LogP contribution >= 0.6 is 0 Å². The number of ether oxygens (including phenoxy) is 4. The van der Waals surface area contributed by atoms with Gasteiger partial charge in [-0.3, -0.25) is 9.78 Å². The first kappa shape index (κ1) is 34.4. The maximum atomic E-state index is 12.2. The Bertz CT molecular complexity index is 1440. The predicted octanol–water partition coefficient (Wildman–Crippen LogP) is 7.59. The highest BCUT2D eigenvalue weighted by Crippen LogP contribution is 2.44. The number of methoxy groups -OCH3 is 1. The van der Waals surface area contributed by atoms with Crippen LogP contribution < -0.4 is 9.47 Å². The summed E-state index contributed by atoms with van der Waals surface area (Å²) in [6, 6.07) is 12.5. The molecule has 1 aliphatic carbocycles. The molecule has 2 heterocycles. The van der Waals surface area contributed by atoms with Gasteiger partial charge in [0.2, 0.25) is 5.75 Å². The summed E-state index contributed by atoms with van der Waals surface area (Å²) in [5.41, 5.74) is 2.67. The first-order valence-electron chi connectivity index (χ1n) is 17.0. The average molecular weight is 648 g/mol. The highest BCUT2D eigenvalue weighted by molar-refractivity contribution is 5.66. The summed E-state index contributed by atoms with van der Waals surface area (Å²) in [4.78, 5) is 16.3. The van der Waals surface area contributed by atoms with Crippen LogP contribution in [0.3, 0.4) is 0 Å². The molecular weight excluding hydrogens is 598 g/mol. The molecule has 9 nitrogen and oxygen atoms in total. The first-order valence-corrected chi connectivity index (χ1v) is 17.0. The predicted molar refractivity (Wildman–Crippen MR) is 178 cm³/mol. The van der Waals surface area contributed by atoms with Gasteiger partial charge in [0.15, 0.2) is 23.0 Å². The molecule has 47 heavy (non-hydrogen) atoms. The number of hydrogen-bond acceptors (Lipinski definition) is 9. The third kappa shape index (κ3) is 9.76. The molecule has 1 aliphatic heterocycles. The van der Waals surface area contributed by atoms with Crippen molar-refractivity contribution < 1.29 is 39.1 Å². The Morgan fingerprint density at radius 1 is 1.00 bits per heavy atom. The van der Waals surface area contributed by atoms with Gasteiger partial charge in [-0.2, -0.15) is 0 Å². The van der Waals surface area contributed by atoms with E-state index in [1.54, 1.807) is 31.6 Å². The van der Waals surface area contributed by atoms with Crippen molar-refractivity contribution in [3.05, 3.63) is 71.5 Å². The molecule has 5 rings (SSSR count). The second kappa shape index (κ2) is 16.7. The minimum Gasteiger partial charge on any atom is -0.504 e. The van der Waals surface area contributed by atoms with Crippen LogP contribution in [0.4, 0.5) is 0 Å². The van der Waals surface area contributed by atoms with Gasteiger partial charge in [0.1, 0.15) is 6.10 Å². The molecule has 2 aromatic carbocycles. The lowest BCUT2D eigenvalue weighted by Gasteiger charge is -2.39. The Hall–Kier alpha value is -3.98. The summed E-state index contributed by atoms with van der Waals surface area (Å²) in [6.45, 7) is 1.70. The standard InChI is InChI=1S/C38H49NO8/c1-25(40)46-31-22-34(29(12-6-5-10-26-8-3-4-9-26)18-28-13-14-32(41)36(19-28)44-2)47-35(23-31)30-20-33(42)38(43)37(21-30)45-17-15-27-11-7-16-39-24-27/h7,11,13-14,16,19-21,24,26,29,31,34-35,41-43H,3-6,8-10,12,15,17-18,22-23H2,1-2H3/t29-,31+,34+,35-/m0/s1. The molecule has 0 radical (unpaired) electrons. The molecule has 3 aromatic rings. The lowest BCUT2D eigenvalue weighted by atomic mass is 9.83. The third-order valence-electron chi connectivity index (χ3n) is 9.64. The maximum Gasteiger partial charge on any atom is 0.302 e. The quantitative estimate of drug-likeness (QED) is 0.0868. The molecule has 1 aromatic heterocycles. The van der Waals surface area contributed by atoms with Gasteiger partial charge in [-0.25, -0.2) is 0 Å². The van der Waals surface area contributed by atoms with Crippen molar-refractivity contribution in [2.45, 2.75) is 102 Å². The summed E-state index contributed by atoms with van der Waals surface area (Å²) < 4.78 is 23.9. The van der Waals surface area contributed by atoms with Crippen LogP contribution in [0.2, 0.25) is 0 Å². The summed E-state index contributed by atoms with van der Waals surface area (Å²) in [6.07, 6.45) is 14.4. The van der Waals surface area contributed by atoms with Crippen LogP contribution in [-0.4, -0.2) is 52.2 Å². The second-order valence-electron chi connectivity index (χ2n) is 13.1. The molecule has 3 N–H and O–H groups in total. The SMILES string of the molecule is COc1cc(C[C@H](CCCCC2CCCC2)[C@H]2C[C@@H](OC(C)=O)C[C@@H](c3cc(O)c(O)c(OCCc4cccnc4)c3)O2)ccc1O. The Morgan fingerprint density at radius 3 is 2.57 bits per heavy atom. The van der Waals surface area contributed by atoms with Crippen molar-refractivity contribution >= 4 is 5.97 Å². The maximum absolute atomic E-state index is 12.2. The van der Waals surface area contributed by atoms with Crippen LogP contribution in [0, 0.1) is 11.8 Å². The van der Waals surface area contributed by atoms with Gasteiger partial charge >= 0.3 is 5.97 Å². The van der Waals surface area contributed by atoms with Gasteiger partial charge in [0, 0.05) is 38.6 Å². The number of benzene rings is 2. The molecule has 0 spiro atoms. The van der Waals surface area contributed by atoms with Gasteiger partial charge in [0.05, 0.1) is 25.9 Å². The molecule has 2 fully saturated rings. The fourth-order valence-corrected chi connectivity index (χ4v) is 7.21. The minimum atomic E-state index is -0.499. The number of hydrogen-bond donors (Lipinski definition) is 3. The summed E-state index contributed by atoms with van der Waals surface area (Å²) >= 11 is 0. The number of rotatable bonds is 15. The average Bonchev–Trinajstić information content (AvgIpc) is 3.59. The highest BCUT2D eigenvalue weighted by Gasteiger charge is 2.37.